The largest absolute Gasteiger partial charge is 0.228 e. The van der Waals surface area contributed by atoms with Gasteiger partial charge in [-0.2, -0.15) is 0 Å². The van der Waals surface area contributed by atoms with Gasteiger partial charge in [0.2, 0.25) is 0 Å². The molecule has 0 saturated heterocycles. The maximum Gasteiger partial charge on any atom is 0.118 e. The third kappa shape index (κ3) is 6.48. The van der Waals surface area contributed by atoms with E-state index in [1.807, 2.05) is 30.3 Å². The van der Waals surface area contributed by atoms with Crippen LogP contribution in [-0.2, 0) is 5.11 Å². The highest BCUT2D eigenvalue weighted by atomic mass is 16.3. The first kappa shape index (κ1) is 14.2. The van der Waals surface area contributed by atoms with Crippen molar-refractivity contribution in [3.63, 3.8) is 0 Å². The Hall–Kier alpha value is -0.820. The van der Waals surface area contributed by atoms with Crippen LogP contribution in [0.25, 0.3) is 0 Å². The molecule has 0 aliphatic heterocycles. The van der Waals surface area contributed by atoms with Crippen LogP contribution in [0.1, 0.15) is 70.0 Å². The molecule has 0 fully saturated rings. The van der Waals surface area contributed by atoms with Crippen LogP contribution in [0.15, 0.2) is 30.3 Å². The second kappa shape index (κ2) is 9.23. The van der Waals surface area contributed by atoms with Crippen molar-refractivity contribution in [2.24, 2.45) is 0 Å². The van der Waals surface area contributed by atoms with Crippen molar-refractivity contribution in [2.45, 2.75) is 64.4 Å². The minimum Gasteiger partial charge on any atom is -0.228 e. The fourth-order valence-electron chi connectivity index (χ4n) is 2.12. The average Bonchev–Trinajstić information content (AvgIpc) is 2.38. The summed E-state index contributed by atoms with van der Waals surface area (Å²) in [5, 5.41) is 11.9. The van der Waals surface area contributed by atoms with E-state index in [9.17, 15) is 5.11 Å². The molecule has 0 aliphatic carbocycles. The molecule has 95 valence electrons. The number of hydrogen-bond donors (Lipinski definition) is 0. The zero-order valence-electron chi connectivity index (χ0n) is 11.0. The standard InChI is InChI=1S/C16H25O/c1-2-3-4-5-6-7-11-14-16(17)15-12-9-8-10-13-15/h8-10,12-13,16H,2-7,11,14H2,1H3. The normalized spacial score (nSPS) is 12.6. The van der Waals surface area contributed by atoms with Gasteiger partial charge >= 0.3 is 0 Å². The van der Waals surface area contributed by atoms with E-state index in [1.165, 1.54) is 38.5 Å². The topological polar surface area (TPSA) is 19.9 Å². The maximum absolute atomic E-state index is 11.9. The van der Waals surface area contributed by atoms with Crippen molar-refractivity contribution in [1.82, 2.24) is 0 Å². The number of hydrogen-bond acceptors (Lipinski definition) is 0. The molecular weight excluding hydrogens is 208 g/mol. The number of benzene rings is 1. The van der Waals surface area contributed by atoms with E-state index in [0.29, 0.717) is 0 Å². The van der Waals surface area contributed by atoms with Gasteiger partial charge in [0.1, 0.15) is 6.10 Å². The Morgan fingerprint density at radius 2 is 1.47 bits per heavy atom. The van der Waals surface area contributed by atoms with Crippen LogP contribution in [0.2, 0.25) is 0 Å². The van der Waals surface area contributed by atoms with Crippen molar-refractivity contribution in [2.75, 3.05) is 0 Å². The second-order valence-corrected chi connectivity index (χ2v) is 4.81. The molecule has 0 amide bonds. The quantitative estimate of drug-likeness (QED) is 0.516. The second-order valence-electron chi connectivity index (χ2n) is 4.81. The van der Waals surface area contributed by atoms with Gasteiger partial charge in [-0.25, -0.2) is 5.11 Å². The van der Waals surface area contributed by atoms with Gasteiger partial charge in [-0.15, -0.1) is 0 Å². The summed E-state index contributed by atoms with van der Waals surface area (Å²) < 4.78 is 0. The molecular formula is C16H25O. The van der Waals surface area contributed by atoms with Crippen LogP contribution in [0.5, 0.6) is 0 Å². The van der Waals surface area contributed by atoms with Crippen LogP contribution in [0, 0.1) is 0 Å². The van der Waals surface area contributed by atoms with Gasteiger partial charge in [-0.05, 0) is 12.0 Å². The zero-order chi connectivity index (χ0) is 12.3. The van der Waals surface area contributed by atoms with E-state index >= 15 is 0 Å². The summed E-state index contributed by atoms with van der Waals surface area (Å²) in [7, 11) is 0. The monoisotopic (exact) mass is 233 g/mol. The van der Waals surface area contributed by atoms with E-state index in [1.54, 1.807) is 0 Å². The van der Waals surface area contributed by atoms with Gasteiger partial charge in [-0.3, -0.25) is 0 Å². The molecule has 1 atom stereocenters. The summed E-state index contributed by atoms with van der Waals surface area (Å²) in [4.78, 5) is 0. The van der Waals surface area contributed by atoms with E-state index in [0.717, 1.165) is 18.4 Å². The molecule has 0 bridgehead atoms. The van der Waals surface area contributed by atoms with E-state index in [4.69, 9.17) is 0 Å². The molecule has 0 N–H and O–H groups in total. The highest BCUT2D eigenvalue weighted by Crippen LogP contribution is 2.20. The molecule has 1 rings (SSSR count). The molecule has 17 heavy (non-hydrogen) atoms. The molecule has 0 saturated carbocycles. The van der Waals surface area contributed by atoms with Crippen LogP contribution in [0.4, 0.5) is 0 Å². The third-order valence-electron chi connectivity index (χ3n) is 3.24. The molecule has 1 aromatic carbocycles. The molecule has 1 radical (unpaired) electrons. The summed E-state index contributed by atoms with van der Waals surface area (Å²) in [6, 6.07) is 9.75. The van der Waals surface area contributed by atoms with Crippen LogP contribution in [0.3, 0.4) is 0 Å². The van der Waals surface area contributed by atoms with E-state index in [2.05, 4.69) is 6.92 Å². The third-order valence-corrected chi connectivity index (χ3v) is 3.24. The predicted molar refractivity (Wildman–Crippen MR) is 72.5 cm³/mol. The lowest BCUT2D eigenvalue weighted by Gasteiger charge is -2.08. The Morgan fingerprint density at radius 3 is 2.12 bits per heavy atom. The Morgan fingerprint density at radius 1 is 0.882 bits per heavy atom. The maximum atomic E-state index is 11.9. The molecule has 0 aromatic heterocycles. The van der Waals surface area contributed by atoms with Crippen molar-refractivity contribution in [3.8, 4) is 0 Å². The van der Waals surface area contributed by atoms with Crippen molar-refractivity contribution in [1.29, 1.82) is 0 Å². The van der Waals surface area contributed by atoms with E-state index in [-0.39, 0.29) is 0 Å². The number of unbranched alkanes of at least 4 members (excludes halogenated alkanes) is 6. The smallest absolute Gasteiger partial charge is 0.118 e. The van der Waals surface area contributed by atoms with Crippen molar-refractivity contribution < 1.29 is 5.11 Å². The minimum absolute atomic E-state index is 0.521. The minimum atomic E-state index is -0.521. The molecule has 1 heteroatoms. The molecule has 1 nitrogen and oxygen atoms in total. The summed E-state index contributed by atoms with van der Waals surface area (Å²) in [5.74, 6) is 0. The SMILES string of the molecule is CCCCCCCCCC([O])c1ccccc1. The van der Waals surface area contributed by atoms with Gasteiger partial charge in [0.05, 0.1) is 0 Å². The van der Waals surface area contributed by atoms with Crippen molar-refractivity contribution in [3.05, 3.63) is 35.9 Å². The first-order chi connectivity index (χ1) is 8.34. The van der Waals surface area contributed by atoms with Gasteiger partial charge in [0.15, 0.2) is 0 Å². The summed E-state index contributed by atoms with van der Waals surface area (Å²) >= 11 is 0. The highest BCUT2D eigenvalue weighted by Gasteiger charge is 2.07. The molecule has 0 spiro atoms. The van der Waals surface area contributed by atoms with Crippen LogP contribution < -0.4 is 0 Å². The van der Waals surface area contributed by atoms with Gasteiger partial charge < -0.3 is 0 Å². The fraction of sp³-hybridized carbons (Fsp3) is 0.625. The molecule has 0 heterocycles. The lowest BCUT2D eigenvalue weighted by molar-refractivity contribution is 0.0786. The van der Waals surface area contributed by atoms with Crippen molar-refractivity contribution >= 4 is 0 Å². The molecule has 0 aliphatic rings. The Balaban J connectivity index is 2.03. The van der Waals surface area contributed by atoms with E-state index < -0.39 is 6.10 Å². The van der Waals surface area contributed by atoms with Gasteiger partial charge in [0, 0.05) is 0 Å². The molecule has 1 aromatic rings. The lowest BCUT2D eigenvalue weighted by Crippen LogP contribution is -1.95. The highest BCUT2D eigenvalue weighted by molar-refractivity contribution is 5.16. The van der Waals surface area contributed by atoms with Crippen LogP contribution in [-0.4, -0.2) is 0 Å². The summed E-state index contributed by atoms with van der Waals surface area (Å²) in [5.41, 5.74) is 0.943. The Kier molecular flexibility index (Phi) is 7.74. The summed E-state index contributed by atoms with van der Waals surface area (Å²) in [6.07, 6.45) is 9.21. The predicted octanol–water partition coefficient (Wildman–Crippen LogP) is 5.30. The lowest BCUT2D eigenvalue weighted by atomic mass is 10.0. The first-order valence-corrected chi connectivity index (χ1v) is 7.05. The Bertz CT molecular complexity index is 268. The Labute approximate surface area is 106 Å². The zero-order valence-corrected chi connectivity index (χ0v) is 11.0. The summed E-state index contributed by atoms with van der Waals surface area (Å²) in [6.45, 7) is 2.24. The first-order valence-electron chi connectivity index (χ1n) is 7.05. The van der Waals surface area contributed by atoms with Gasteiger partial charge in [0.25, 0.3) is 0 Å². The molecule has 1 unspecified atom stereocenters. The fourth-order valence-corrected chi connectivity index (χ4v) is 2.12. The number of rotatable bonds is 9. The van der Waals surface area contributed by atoms with Crippen LogP contribution >= 0.6 is 0 Å². The van der Waals surface area contributed by atoms with Gasteiger partial charge in [-0.1, -0.05) is 82.2 Å². The average molecular weight is 233 g/mol.